The molecule has 1 aromatic rings. The Hall–Kier alpha value is -2.25. The van der Waals surface area contributed by atoms with Gasteiger partial charge in [-0.2, -0.15) is 0 Å². The summed E-state index contributed by atoms with van der Waals surface area (Å²) in [4.78, 5) is 33.2. The Morgan fingerprint density at radius 1 is 1.35 bits per heavy atom. The molecule has 1 aliphatic carbocycles. The van der Waals surface area contributed by atoms with Crippen LogP contribution < -0.4 is 0 Å². The Balaban J connectivity index is 2.49. The quantitative estimate of drug-likeness (QED) is 0.600. The zero-order chi connectivity index (χ0) is 14.8. The van der Waals surface area contributed by atoms with E-state index in [-0.39, 0.29) is 18.6 Å². The standard InChI is InChI=1S/C12H14N2O6/c15-11-5-1-2-6-12(11,14(18)19)9(8-13(16)17)10-4-3-7-20-10/h3-4,7,9H,1-2,5-6,8H2/t9-,12+/m1/s1. The maximum Gasteiger partial charge on any atom is 0.295 e. The molecule has 0 aliphatic heterocycles. The van der Waals surface area contributed by atoms with Crippen molar-refractivity contribution < 1.29 is 19.1 Å². The summed E-state index contributed by atoms with van der Waals surface area (Å²) in [7, 11) is 0. The number of nitro groups is 2. The zero-order valence-electron chi connectivity index (χ0n) is 10.7. The van der Waals surface area contributed by atoms with Crippen LogP contribution in [0.1, 0.15) is 37.4 Å². The second-order valence-electron chi connectivity index (χ2n) is 4.89. The number of hydrogen-bond donors (Lipinski definition) is 0. The molecule has 0 aromatic carbocycles. The lowest BCUT2D eigenvalue weighted by Gasteiger charge is -2.31. The molecule has 0 amide bonds. The predicted molar refractivity (Wildman–Crippen MR) is 66.5 cm³/mol. The lowest BCUT2D eigenvalue weighted by Crippen LogP contribution is -2.54. The maximum absolute atomic E-state index is 12.2. The lowest BCUT2D eigenvalue weighted by molar-refractivity contribution is -0.575. The average Bonchev–Trinajstić information content (AvgIpc) is 2.90. The number of furan rings is 1. The Bertz CT molecular complexity index is 526. The topological polar surface area (TPSA) is 116 Å². The molecule has 0 unspecified atom stereocenters. The minimum atomic E-state index is -1.94. The second-order valence-corrected chi connectivity index (χ2v) is 4.89. The number of carbonyl (C=O) groups excluding carboxylic acids is 1. The van der Waals surface area contributed by atoms with Gasteiger partial charge in [-0.25, -0.2) is 0 Å². The number of hydrogen-bond acceptors (Lipinski definition) is 6. The highest BCUT2D eigenvalue weighted by Crippen LogP contribution is 2.40. The van der Waals surface area contributed by atoms with E-state index in [4.69, 9.17) is 4.42 Å². The largest absolute Gasteiger partial charge is 0.468 e. The normalized spacial score (nSPS) is 24.3. The van der Waals surface area contributed by atoms with Crippen LogP contribution in [0.4, 0.5) is 0 Å². The van der Waals surface area contributed by atoms with Crippen LogP contribution in [0, 0.1) is 20.2 Å². The van der Waals surface area contributed by atoms with Crippen LogP contribution in [0.2, 0.25) is 0 Å². The Morgan fingerprint density at radius 2 is 2.10 bits per heavy atom. The highest BCUT2D eigenvalue weighted by molar-refractivity contribution is 5.88. The molecule has 8 heteroatoms. The highest BCUT2D eigenvalue weighted by Gasteiger charge is 2.60. The van der Waals surface area contributed by atoms with Crippen molar-refractivity contribution in [3.8, 4) is 0 Å². The summed E-state index contributed by atoms with van der Waals surface area (Å²) in [5.74, 6) is -1.60. The van der Waals surface area contributed by atoms with Gasteiger partial charge < -0.3 is 4.42 Å². The van der Waals surface area contributed by atoms with Gasteiger partial charge >= 0.3 is 0 Å². The van der Waals surface area contributed by atoms with E-state index >= 15 is 0 Å². The molecule has 1 fully saturated rings. The van der Waals surface area contributed by atoms with E-state index in [0.717, 1.165) is 0 Å². The van der Waals surface area contributed by atoms with E-state index in [9.17, 15) is 25.0 Å². The minimum Gasteiger partial charge on any atom is -0.468 e. The Kier molecular flexibility index (Phi) is 3.82. The van der Waals surface area contributed by atoms with E-state index < -0.39 is 33.6 Å². The number of carbonyl (C=O) groups is 1. The van der Waals surface area contributed by atoms with E-state index in [2.05, 4.69) is 0 Å². The molecule has 1 heterocycles. The van der Waals surface area contributed by atoms with Gasteiger partial charge in [0.05, 0.1) is 6.26 Å². The molecule has 0 bridgehead atoms. The number of ketones is 1. The fourth-order valence-corrected chi connectivity index (χ4v) is 2.84. The third-order valence-electron chi connectivity index (χ3n) is 3.82. The van der Waals surface area contributed by atoms with E-state index in [1.165, 1.54) is 18.4 Å². The molecule has 108 valence electrons. The summed E-state index contributed by atoms with van der Waals surface area (Å²) < 4.78 is 5.11. The lowest BCUT2D eigenvalue weighted by atomic mass is 9.71. The minimum absolute atomic E-state index is 0.0119. The van der Waals surface area contributed by atoms with E-state index in [1.807, 2.05) is 0 Å². The summed E-state index contributed by atoms with van der Waals surface area (Å²) in [6, 6.07) is 2.95. The van der Waals surface area contributed by atoms with E-state index in [0.29, 0.717) is 12.8 Å². The molecule has 0 spiro atoms. The third kappa shape index (κ3) is 2.28. The first-order valence-corrected chi connectivity index (χ1v) is 6.31. The van der Waals surface area contributed by atoms with Crippen molar-refractivity contribution in [3.05, 3.63) is 44.4 Å². The van der Waals surface area contributed by atoms with Crippen LogP contribution >= 0.6 is 0 Å². The van der Waals surface area contributed by atoms with Gasteiger partial charge in [0.25, 0.3) is 5.54 Å². The summed E-state index contributed by atoms with van der Waals surface area (Å²) in [5.41, 5.74) is -1.94. The van der Waals surface area contributed by atoms with Gasteiger partial charge in [0, 0.05) is 22.7 Å². The Morgan fingerprint density at radius 3 is 2.60 bits per heavy atom. The van der Waals surface area contributed by atoms with Crippen molar-refractivity contribution in [2.45, 2.75) is 37.1 Å². The molecule has 20 heavy (non-hydrogen) atoms. The summed E-state index contributed by atoms with van der Waals surface area (Å²) in [6.45, 7) is -0.694. The smallest absolute Gasteiger partial charge is 0.295 e. The van der Waals surface area contributed by atoms with Crippen molar-refractivity contribution >= 4 is 5.78 Å². The van der Waals surface area contributed by atoms with Gasteiger partial charge in [-0.15, -0.1) is 0 Å². The SMILES string of the molecule is O=C1CCCC[C@@]1([C@H](C[N+](=O)[O-])c1ccco1)[N+](=O)[O-]. The molecule has 1 saturated carbocycles. The first kappa shape index (κ1) is 14.2. The fourth-order valence-electron chi connectivity index (χ4n) is 2.84. The highest BCUT2D eigenvalue weighted by atomic mass is 16.6. The number of nitrogens with zero attached hydrogens (tertiary/aromatic N) is 2. The zero-order valence-corrected chi connectivity index (χ0v) is 10.7. The van der Waals surface area contributed by atoms with Crippen LogP contribution in [-0.4, -0.2) is 27.7 Å². The molecule has 2 atom stereocenters. The average molecular weight is 282 g/mol. The van der Waals surface area contributed by atoms with E-state index in [1.54, 1.807) is 0 Å². The fraction of sp³-hybridized carbons (Fsp3) is 0.583. The van der Waals surface area contributed by atoms with Crippen molar-refractivity contribution in [2.75, 3.05) is 6.54 Å². The van der Waals surface area contributed by atoms with Crippen molar-refractivity contribution in [1.29, 1.82) is 0 Å². The van der Waals surface area contributed by atoms with Crippen LogP contribution in [0.5, 0.6) is 0 Å². The van der Waals surface area contributed by atoms with Gasteiger partial charge in [-0.3, -0.25) is 25.0 Å². The van der Waals surface area contributed by atoms with Crippen LogP contribution in [-0.2, 0) is 4.79 Å². The van der Waals surface area contributed by atoms with Gasteiger partial charge in [-0.1, -0.05) is 0 Å². The van der Waals surface area contributed by atoms with Crippen LogP contribution in [0.3, 0.4) is 0 Å². The Labute approximate surface area is 114 Å². The molecule has 1 aliphatic rings. The monoisotopic (exact) mass is 282 g/mol. The van der Waals surface area contributed by atoms with Crippen molar-refractivity contribution in [2.24, 2.45) is 0 Å². The molecular formula is C12H14N2O6. The summed E-state index contributed by atoms with van der Waals surface area (Å²) in [6.07, 6.45) is 2.47. The molecule has 0 radical (unpaired) electrons. The second kappa shape index (κ2) is 5.40. The first-order valence-electron chi connectivity index (χ1n) is 6.31. The molecule has 0 saturated heterocycles. The molecular weight excluding hydrogens is 268 g/mol. The predicted octanol–water partition coefficient (Wildman–Crippen LogP) is 1.80. The van der Waals surface area contributed by atoms with Crippen molar-refractivity contribution in [3.63, 3.8) is 0 Å². The molecule has 2 rings (SSSR count). The van der Waals surface area contributed by atoms with Gasteiger partial charge in [0.2, 0.25) is 12.3 Å². The van der Waals surface area contributed by atoms with Crippen molar-refractivity contribution in [1.82, 2.24) is 0 Å². The van der Waals surface area contributed by atoms with Crippen LogP contribution in [0.15, 0.2) is 22.8 Å². The van der Waals surface area contributed by atoms with Gasteiger partial charge in [0.15, 0.2) is 5.92 Å². The van der Waals surface area contributed by atoms with Crippen LogP contribution in [0.25, 0.3) is 0 Å². The molecule has 1 aromatic heterocycles. The third-order valence-corrected chi connectivity index (χ3v) is 3.82. The molecule has 8 nitrogen and oxygen atoms in total. The number of rotatable bonds is 5. The number of Topliss-reactive ketones (excluding diaryl/α,β-unsaturated/α-hetero) is 1. The molecule has 0 N–H and O–H groups in total. The van der Waals surface area contributed by atoms with Gasteiger partial charge in [-0.05, 0) is 25.0 Å². The first-order chi connectivity index (χ1) is 9.48. The summed E-state index contributed by atoms with van der Waals surface area (Å²) in [5, 5.41) is 22.4. The van der Waals surface area contributed by atoms with Gasteiger partial charge in [0.1, 0.15) is 5.76 Å². The maximum atomic E-state index is 12.2. The summed E-state index contributed by atoms with van der Waals surface area (Å²) >= 11 is 0.